The second-order valence-electron chi connectivity index (χ2n) is 4.60. The summed E-state index contributed by atoms with van der Waals surface area (Å²) in [5.74, 6) is 0.319. The summed E-state index contributed by atoms with van der Waals surface area (Å²) in [5.41, 5.74) is 3.35. The molecule has 0 atom stereocenters. The Labute approximate surface area is 119 Å². The third kappa shape index (κ3) is 2.59. The van der Waals surface area contributed by atoms with E-state index in [1.54, 1.807) is 30.3 Å². The topological polar surface area (TPSA) is 40.5 Å². The van der Waals surface area contributed by atoms with Crippen LogP contribution in [0.4, 0.5) is 0 Å². The Hall–Kier alpha value is -2.48. The van der Waals surface area contributed by atoms with E-state index < -0.39 is 0 Å². The van der Waals surface area contributed by atoms with E-state index in [1.165, 1.54) is 0 Å². The van der Waals surface area contributed by atoms with Gasteiger partial charge in [-0.3, -0.25) is 0 Å². The molecule has 0 unspecified atom stereocenters. The molecule has 0 fully saturated rings. The van der Waals surface area contributed by atoms with Gasteiger partial charge in [-0.2, -0.15) is 0 Å². The predicted molar refractivity (Wildman–Crippen MR) is 83.0 cm³/mol. The minimum Gasteiger partial charge on any atom is -0.507 e. The first kappa shape index (κ1) is 13.9. The molecule has 0 aliphatic carbocycles. The van der Waals surface area contributed by atoms with Crippen LogP contribution in [0.3, 0.4) is 0 Å². The number of aromatic hydroxyl groups is 2. The summed E-state index contributed by atoms with van der Waals surface area (Å²) < 4.78 is 0. The van der Waals surface area contributed by atoms with Crippen molar-refractivity contribution in [3.63, 3.8) is 0 Å². The maximum atomic E-state index is 10.2. The highest BCUT2D eigenvalue weighted by Crippen LogP contribution is 2.39. The summed E-state index contributed by atoms with van der Waals surface area (Å²) in [6, 6.07) is 10.6. The molecule has 0 saturated carbocycles. The van der Waals surface area contributed by atoms with Gasteiger partial charge < -0.3 is 10.2 Å². The van der Waals surface area contributed by atoms with Crippen molar-refractivity contribution in [3.05, 3.63) is 72.8 Å². The fourth-order valence-electron chi connectivity index (χ4n) is 2.39. The largest absolute Gasteiger partial charge is 0.507 e. The summed E-state index contributed by atoms with van der Waals surface area (Å²) >= 11 is 0. The maximum absolute atomic E-state index is 10.2. The number of para-hydroxylation sites is 1. The van der Waals surface area contributed by atoms with Gasteiger partial charge in [-0.05, 0) is 36.1 Å². The second kappa shape index (κ2) is 6.11. The van der Waals surface area contributed by atoms with Crippen LogP contribution in [0.1, 0.15) is 11.1 Å². The first-order valence-electron chi connectivity index (χ1n) is 6.53. The maximum Gasteiger partial charge on any atom is 0.123 e. The van der Waals surface area contributed by atoms with Crippen molar-refractivity contribution in [2.24, 2.45) is 0 Å². The van der Waals surface area contributed by atoms with Gasteiger partial charge in [0.1, 0.15) is 11.5 Å². The van der Waals surface area contributed by atoms with Crippen LogP contribution >= 0.6 is 0 Å². The van der Waals surface area contributed by atoms with Crippen molar-refractivity contribution in [1.29, 1.82) is 0 Å². The van der Waals surface area contributed by atoms with Gasteiger partial charge in [-0.1, -0.05) is 36.4 Å². The van der Waals surface area contributed by atoms with Crippen molar-refractivity contribution in [2.45, 2.75) is 12.8 Å². The molecule has 102 valence electrons. The minimum atomic E-state index is 0.156. The molecule has 2 rings (SSSR count). The van der Waals surface area contributed by atoms with Crippen molar-refractivity contribution in [2.75, 3.05) is 0 Å². The van der Waals surface area contributed by atoms with E-state index in [0.717, 1.165) is 11.1 Å². The van der Waals surface area contributed by atoms with Crippen molar-refractivity contribution in [1.82, 2.24) is 0 Å². The normalized spacial score (nSPS) is 10.2. The zero-order chi connectivity index (χ0) is 14.5. The van der Waals surface area contributed by atoms with Crippen molar-refractivity contribution in [3.8, 4) is 22.6 Å². The zero-order valence-corrected chi connectivity index (χ0v) is 11.3. The molecule has 2 nitrogen and oxygen atoms in total. The van der Waals surface area contributed by atoms with Crippen LogP contribution in [0.2, 0.25) is 0 Å². The fraction of sp³-hybridized carbons (Fsp3) is 0.111. The van der Waals surface area contributed by atoms with Gasteiger partial charge in [0.2, 0.25) is 0 Å². The Morgan fingerprint density at radius 3 is 2.20 bits per heavy atom. The van der Waals surface area contributed by atoms with E-state index in [9.17, 15) is 10.2 Å². The quantitative estimate of drug-likeness (QED) is 0.795. The van der Waals surface area contributed by atoms with Gasteiger partial charge in [-0.25, -0.2) is 0 Å². The Kier molecular flexibility index (Phi) is 4.26. The Morgan fingerprint density at radius 2 is 1.55 bits per heavy atom. The van der Waals surface area contributed by atoms with Crippen molar-refractivity contribution >= 4 is 0 Å². The molecule has 0 heterocycles. The molecule has 2 aromatic rings. The lowest BCUT2D eigenvalue weighted by Gasteiger charge is -2.16. The lowest BCUT2D eigenvalue weighted by molar-refractivity contribution is 0.468. The molecular formula is C18H18O2. The molecule has 2 N–H and O–H groups in total. The van der Waals surface area contributed by atoms with Crippen LogP contribution in [0, 0.1) is 0 Å². The first-order valence-corrected chi connectivity index (χ1v) is 6.53. The average Bonchev–Trinajstić information content (AvgIpc) is 2.44. The first-order chi connectivity index (χ1) is 9.69. The van der Waals surface area contributed by atoms with Crippen LogP contribution in [0.25, 0.3) is 11.1 Å². The van der Waals surface area contributed by atoms with Crippen LogP contribution < -0.4 is 0 Å². The van der Waals surface area contributed by atoms with Gasteiger partial charge in [0.05, 0.1) is 0 Å². The molecule has 2 heteroatoms. The van der Waals surface area contributed by atoms with Crippen LogP contribution in [0.15, 0.2) is 61.7 Å². The lowest BCUT2D eigenvalue weighted by atomic mass is 9.90. The number of phenolic OH excluding ortho intramolecular Hbond substituents is 2. The Balaban J connectivity index is 2.72. The van der Waals surface area contributed by atoms with Gasteiger partial charge in [0, 0.05) is 11.1 Å². The molecule has 2 aromatic carbocycles. The second-order valence-corrected chi connectivity index (χ2v) is 4.60. The lowest BCUT2D eigenvalue weighted by Crippen LogP contribution is -1.97. The average molecular weight is 266 g/mol. The molecule has 0 aliphatic heterocycles. The van der Waals surface area contributed by atoms with Gasteiger partial charge in [-0.15, -0.1) is 13.2 Å². The number of hydrogen-bond donors (Lipinski definition) is 2. The monoisotopic (exact) mass is 266 g/mol. The smallest absolute Gasteiger partial charge is 0.123 e. The Morgan fingerprint density at radius 1 is 0.850 bits per heavy atom. The molecule has 20 heavy (non-hydrogen) atoms. The summed E-state index contributed by atoms with van der Waals surface area (Å²) in [4.78, 5) is 0. The number of rotatable bonds is 5. The van der Waals surface area contributed by atoms with E-state index >= 15 is 0 Å². The highest BCUT2D eigenvalue weighted by Gasteiger charge is 2.15. The molecule has 0 spiro atoms. The standard InChI is InChI=1S/C18H18O2/c1-3-7-13-11-12-17(20)18(14(13)8-4-2)15-9-5-6-10-16(15)19/h3-6,9-12,19-20H,1-2,7-8H2. The highest BCUT2D eigenvalue weighted by molar-refractivity contribution is 5.79. The predicted octanol–water partition coefficient (Wildman–Crippen LogP) is 4.22. The van der Waals surface area contributed by atoms with Crippen LogP contribution in [-0.2, 0) is 12.8 Å². The summed E-state index contributed by atoms with van der Waals surface area (Å²) in [6.45, 7) is 7.54. The van der Waals surface area contributed by atoms with E-state index in [1.807, 2.05) is 18.2 Å². The van der Waals surface area contributed by atoms with Crippen molar-refractivity contribution < 1.29 is 10.2 Å². The number of allylic oxidation sites excluding steroid dienone is 2. The SMILES string of the molecule is C=CCc1ccc(O)c(-c2ccccc2O)c1CC=C. The molecule has 0 aromatic heterocycles. The van der Waals surface area contributed by atoms with Crippen LogP contribution in [0.5, 0.6) is 11.5 Å². The molecule has 0 amide bonds. The third-order valence-electron chi connectivity index (χ3n) is 3.27. The van der Waals surface area contributed by atoms with Crippen LogP contribution in [-0.4, -0.2) is 10.2 Å². The molecule has 0 radical (unpaired) electrons. The number of phenols is 2. The van der Waals surface area contributed by atoms with Gasteiger partial charge in [0.15, 0.2) is 0 Å². The summed E-state index contributed by atoms with van der Waals surface area (Å²) in [5, 5.41) is 20.3. The zero-order valence-electron chi connectivity index (χ0n) is 11.3. The molecule has 0 saturated heterocycles. The van der Waals surface area contributed by atoms with E-state index in [2.05, 4.69) is 13.2 Å². The highest BCUT2D eigenvalue weighted by atomic mass is 16.3. The van der Waals surface area contributed by atoms with Gasteiger partial charge in [0.25, 0.3) is 0 Å². The van der Waals surface area contributed by atoms with Gasteiger partial charge >= 0.3 is 0 Å². The molecule has 0 bridgehead atoms. The Bertz CT molecular complexity index is 642. The number of benzene rings is 2. The van der Waals surface area contributed by atoms with E-state index in [0.29, 0.717) is 24.0 Å². The molecular weight excluding hydrogens is 248 g/mol. The fourth-order valence-corrected chi connectivity index (χ4v) is 2.39. The minimum absolute atomic E-state index is 0.156. The van der Waals surface area contributed by atoms with E-state index in [4.69, 9.17) is 0 Å². The number of hydrogen-bond acceptors (Lipinski definition) is 2. The summed E-state index contributed by atoms with van der Waals surface area (Å²) in [6.07, 6.45) is 4.96. The van der Waals surface area contributed by atoms with E-state index in [-0.39, 0.29) is 11.5 Å². The molecule has 0 aliphatic rings. The summed E-state index contributed by atoms with van der Waals surface area (Å²) in [7, 11) is 0. The third-order valence-corrected chi connectivity index (χ3v) is 3.27.